The van der Waals surface area contributed by atoms with Crippen LogP contribution in [0.4, 0.5) is 10.1 Å². The smallest absolute Gasteiger partial charge is 0.125 e. The molecule has 0 spiro atoms. The lowest BCUT2D eigenvalue weighted by Gasteiger charge is -2.27. The van der Waals surface area contributed by atoms with Crippen LogP contribution in [-0.4, -0.2) is 6.10 Å². The molecular weight excluding hydrogens is 217 g/mol. The first-order valence-electron chi connectivity index (χ1n) is 6.30. The Balaban J connectivity index is 1.88. The molecular formula is C14H20FNO. The second kappa shape index (κ2) is 5.50. The van der Waals surface area contributed by atoms with Crippen molar-refractivity contribution in [1.29, 1.82) is 0 Å². The Morgan fingerprint density at radius 3 is 2.94 bits per heavy atom. The largest absolute Gasteiger partial charge is 0.398 e. The van der Waals surface area contributed by atoms with Crippen molar-refractivity contribution < 1.29 is 9.13 Å². The highest BCUT2D eigenvalue weighted by Crippen LogP contribution is 2.27. The van der Waals surface area contributed by atoms with E-state index in [1.807, 2.05) is 0 Å². The molecule has 0 bridgehead atoms. The van der Waals surface area contributed by atoms with Crippen LogP contribution in [0.1, 0.15) is 38.2 Å². The van der Waals surface area contributed by atoms with Crippen LogP contribution in [0.3, 0.4) is 0 Å². The van der Waals surface area contributed by atoms with Gasteiger partial charge in [-0.15, -0.1) is 0 Å². The Hall–Kier alpha value is -1.09. The van der Waals surface area contributed by atoms with E-state index in [-0.39, 0.29) is 5.82 Å². The molecule has 2 N–H and O–H groups in total. The Morgan fingerprint density at radius 2 is 2.24 bits per heavy atom. The normalized spacial score (nSPS) is 24.8. The number of nitrogen functional groups attached to an aromatic ring is 1. The van der Waals surface area contributed by atoms with Gasteiger partial charge in [-0.3, -0.25) is 0 Å². The van der Waals surface area contributed by atoms with Gasteiger partial charge in [0.15, 0.2) is 0 Å². The zero-order valence-corrected chi connectivity index (χ0v) is 10.3. The summed E-state index contributed by atoms with van der Waals surface area (Å²) in [7, 11) is 0. The molecule has 2 nitrogen and oxygen atoms in total. The monoisotopic (exact) mass is 237 g/mol. The maximum absolute atomic E-state index is 12.9. The third-order valence-corrected chi connectivity index (χ3v) is 3.47. The van der Waals surface area contributed by atoms with Crippen molar-refractivity contribution in [2.75, 3.05) is 5.73 Å². The van der Waals surface area contributed by atoms with E-state index < -0.39 is 0 Å². The summed E-state index contributed by atoms with van der Waals surface area (Å²) >= 11 is 0. The van der Waals surface area contributed by atoms with Crippen LogP contribution in [-0.2, 0) is 11.3 Å². The first-order chi connectivity index (χ1) is 8.15. The molecule has 0 heterocycles. The van der Waals surface area contributed by atoms with Crippen molar-refractivity contribution in [1.82, 2.24) is 0 Å². The molecule has 3 heteroatoms. The summed E-state index contributed by atoms with van der Waals surface area (Å²) < 4.78 is 18.7. The van der Waals surface area contributed by atoms with Gasteiger partial charge in [0, 0.05) is 11.3 Å². The van der Waals surface area contributed by atoms with Gasteiger partial charge in [0.05, 0.1) is 12.7 Å². The van der Waals surface area contributed by atoms with Gasteiger partial charge in [-0.25, -0.2) is 4.39 Å². The SMILES string of the molecule is CC1CCCC(OCc2ccc(F)cc2N)C1. The second-order valence-electron chi connectivity index (χ2n) is 5.05. The molecule has 0 amide bonds. The van der Waals surface area contributed by atoms with Crippen molar-refractivity contribution in [2.24, 2.45) is 5.92 Å². The zero-order chi connectivity index (χ0) is 12.3. The van der Waals surface area contributed by atoms with Crippen LogP contribution < -0.4 is 5.73 Å². The average Bonchev–Trinajstić information content (AvgIpc) is 2.28. The molecule has 2 rings (SSSR count). The number of nitrogens with two attached hydrogens (primary N) is 1. The Labute approximate surface area is 102 Å². The lowest BCUT2D eigenvalue weighted by molar-refractivity contribution is 0.00491. The van der Waals surface area contributed by atoms with Crippen molar-refractivity contribution in [3.8, 4) is 0 Å². The summed E-state index contributed by atoms with van der Waals surface area (Å²) in [6.07, 6.45) is 5.14. The molecule has 1 aromatic carbocycles. The highest BCUT2D eigenvalue weighted by Gasteiger charge is 2.19. The van der Waals surface area contributed by atoms with Gasteiger partial charge >= 0.3 is 0 Å². The molecule has 1 fully saturated rings. The van der Waals surface area contributed by atoms with E-state index in [4.69, 9.17) is 10.5 Å². The number of ether oxygens (including phenoxy) is 1. The molecule has 94 valence electrons. The van der Waals surface area contributed by atoms with Crippen molar-refractivity contribution in [3.05, 3.63) is 29.6 Å². The molecule has 0 aromatic heterocycles. The highest BCUT2D eigenvalue weighted by molar-refractivity contribution is 5.46. The summed E-state index contributed by atoms with van der Waals surface area (Å²) in [5.41, 5.74) is 7.10. The van der Waals surface area contributed by atoms with Gasteiger partial charge < -0.3 is 10.5 Å². The van der Waals surface area contributed by atoms with E-state index in [0.29, 0.717) is 18.4 Å². The van der Waals surface area contributed by atoms with E-state index in [0.717, 1.165) is 24.3 Å². The van der Waals surface area contributed by atoms with Gasteiger partial charge in [0.25, 0.3) is 0 Å². The third-order valence-electron chi connectivity index (χ3n) is 3.47. The van der Waals surface area contributed by atoms with Gasteiger partial charge in [0.1, 0.15) is 5.82 Å². The lowest BCUT2D eigenvalue weighted by Crippen LogP contribution is -2.21. The lowest BCUT2D eigenvalue weighted by atomic mass is 9.89. The molecule has 0 aliphatic heterocycles. The molecule has 17 heavy (non-hydrogen) atoms. The number of anilines is 1. The highest BCUT2D eigenvalue weighted by atomic mass is 19.1. The number of halogens is 1. The fraction of sp³-hybridized carbons (Fsp3) is 0.571. The zero-order valence-electron chi connectivity index (χ0n) is 10.3. The van der Waals surface area contributed by atoms with Crippen LogP contribution in [0, 0.1) is 11.7 Å². The van der Waals surface area contributed by atoms with Crippen LogP contribution in [0.25, 0.3) is 0 Å². The summed E-state index contributed by atoms with van der Waals surface area (Å²) in [4.78, 5) is 0. The van der Waals surface area contributed by atoms with Crippen molar-refractivity contribution in [2.45, 2.75) is 45.3 Å². The minimum atomic E-state index is -0.294. The quantitative estimate of drug-likeness (QED) is 0.816. The van der Waals surface area contributed by atoms with E-state index >= 15 is 0 Å². The van der Waals surface area contributed by atoms with Gasteiger partial charge in [0.2, 0.25) is 0 Å². The standard InChI is InChI=1S/C14H20FNO/c1-10-3-2-4-13(7-10)17-9-11-5-6-12(15)8-14(11)16/h5-6,8,10,13H,2-4,7,9,16H2,1H3. The summed E-state index contributed by atoms with van der Waals surface area (Å²) in [6.45, 7) is 2.76. The van der Waals surface area contributed by atoms with Gasteiger partial charge in [-0.1, -0.05) is 25.8 Å². The molecule has 2 atom stereocenters. The molecule has 1 aliphatic carbocycles. The minimum Gasteiger partial charge on any atom is -0.398 e. The molecule has 1 aliphatic rings. The van der Waals surface area contributed by atoms with E-state index in [1.54, 1.807) is 6.07 Å². The maximum atomic E-state index is 12.9. The summed E-state index contributed by atoms with van der Waals surface area (Å²) in [5, 5.41) is 0. The Kier molecular flexibility index (Phi) is 4.00. The first-order valence-corrected chi connectivity index (χ1v) is 6.30. The molecule has 0 radical (unpaired) electrons. The maximum Gasteiger partial charge on any atom is 0.125 e. The number of hydrogen-bond acceptors (Lipinski definition) is 2. The molecule has 1 saturated carbocycles. The van der Waals surface area contributed by atoms with E-state index in [1.165, 1.54) is 25.0 Å². The molecule has 2 unspecified atom stereocenters. The predicted molar refractivity (Wildman–Crippen MR) is 67.0 cm³/mol. The first kappa shape index (κ1) is 12.4. The molecule has 0 saturated heterocycles. The van der Waals surface area contributed by atoms with Crippen LogP contribution >= 0.6 is 0 Å². The topological polar surface area (TPSA) is 35.2 Å². The number of rotatable bonds is 3. The van der Waals surface area contributed by atoms with Gasteiger partial charge in [-0.05, 0) is 30.9 Å². The number of hydrogen-bond donors (Lipinski definition) is 1. The van der Waals surface area contributed by atoms with E-state index in [9.17, 15) is 4.39 Å². The van der Waals surface area contributed by atoms with Crippen molar-refractivity contribution in [3.63, 3.8) is 0 Å². The fourth-order valence-electron chi connectivity index (χ4n) is 2.43. The van der Waals surface area contributed by atoms with Gasteiger partial charge in [-0.2, -0.15) is 0 Å². The fourth-order valence-corrected chi connectivity index (χ4v) is 2.43. The van der Waals surface area contributed by atoms with Crippen LogP contribution in [0.5, 0.6) is 0 Å². The Bertz CT molecular complexity index is 380. The summed E-state index contributed by atoms with van der Waals surface area (Å²) in [6, 6.07) is 4.48. The van der Waals surface area contributed by atoms with Crippen molar-refractivity contribution >= 4 is 5.69 Å². The number of benzene rings is 1. The second-order valence-corrected chi connectivity index (χ2v) is 5.05. The average molecular weight is 237 g/mol. The minimum absolute atomic E-state index is 0.294. The van der Waals surface area contributed by atoms with Crippen LogP contribution in [0.15, 0.2) is 18.2 Å². The molecule has 1 aromatic rings. The predicted octanol–water partition coefficient (Wildman–Crippen LogP) is 3.50. The van der Waals surface area contributed by atoms with Crippen LogP contribution in [0.2, 0.25) is 0 Å². The third kappa shape index (κ3) is 3.43. The van der Waals surface area contributed by atoms with E-state index in [2.05, 4.69) is 6.92 Å². The summed E-state index contributed by atoms with van der Waals surface area (Å²) in [5.74, 6) is 0.455. The Morgan fingerprint density at radius 1 is 1.41 bits per heavy atom.